The van der Waals surface area contributed by atoms with Crippen LogP contribution in [-0.2, 0) is 13.2 Å². The molecule has 0 aliphatic heterocycles. The van der Waals surface area contributed by atoms with Crippen LogP contribution in [0.4, 0.5) is 8.78 Å². The van der Waals surface area contributed by atoms with Crippen molar-refractivity contribution in [3.05, 3.63) is 59.4 Å². The third kappa shape index (κ3) is 3.72. The fraction of sp³-hybridized carbons (Fsp3) is 0.214. The first kappa shape index (κ1) is 13.4. The third-order valence-corrected chi connectivity index (χ3v) is 2.49. The lowest BCUT2D eigenvalue weighted by Gasteiger charge is -2.08. The molecule has 0 saturated carbocycles. The van der Waals surface area contributed by atoms with E-state index in [0.29, 0.717) is 12.2 Å². The van der Waals surface area contributed by atoms with Gasteiger partial charge in [-0.1, -0.05) is 6.07 Å². The molecule has 2 aromatic rings. The number of aromatic nitrogens is 1. The van der Waals surface area contributed by atoms with Crippen LogP contribution >= 0.6 is 0 Å². The van der Waals surface area contributed by atoms with Gasteiger partial charge in [-0.25, -0.2) is 8.78 Å². The van der Waals surface area contributed by atoms with Crippen LogP contribution < -0.4 is 10.1 Å². The van der Waals surface area contributed by atoms with E-state index in [1.165, 1.54) is 6.07 Å². The first-order valence-corrected chi connectivity index (χ1v) is 5.86. The normalized spacial score (nSPS) is 10.5. The second-order valence-electron chi connectivity index (χ2n) is 4.01. The van der Waals surface area contributed by atoms with Gasteiger partial charge in [-0.3, -0.25) is 4.98 Å². The highest BCUT2D eigenvalue weighted by Crippen LogP contribution is 2.18. The molecule has 0 radical (unpaired) electrons. The molecule has 100 valence electrons. The zero-order valence-corrected chi connectivity index (χ0v) is 10.5. The van der Waals surface area contributed by atoms with E-state index < -0.39 is 11.6 Å². The standard InChI is InChI=1S/C14H14F2N2O/c1-17-8-11-3-2-4-12(18-11)9-19-14-6-5-10(15)7-13(14)16/h2-7,17H,8-9H2,1H3. The molecule has 0 aliphatic rings. The molecule has 1 N–H and O–H groups in total. The highest BCUT2D eigenvalue weighted by molar-refractivity contribution is 5.25. The van der Waals surface area contributed by atoms with E-state index in [1.54, 1.807) is 6.07 Å². The number of halogens is 2. The molecule has 2 rings (SSSR count). The fourth-order valence-corrected chi connectivity index (χ4v) is 1.63. The molecule has 1 aromatic heterocycles. The van der Waals surface area contributed by atoms with Gasteiger partial charge in [0.15, 0.2) is 11.6 Å². The predicted octanol–water partition coefficient (Wildman–Crippen LogP) is 2.66. The summed E-state index contributed by atoms with van der Waals surface area (Å²) in [6.45, 7) is 0.791. The SMILES string of the molecule is CNCc1cccc(COc2ccc(F)cc2F)n1. The van der Waals surface area contributed by atoms with Crippen LogP contribution in [-0.4, -0.2) is 12.0 Å². The van der Waals surface area contributed by atoms with Crippen molar-refractivity contribution >= 4 is 0 Å². The lowest BCUT2D eigenvalue weighted by molar-refractivity contribution is 0.284. The zero-order chi connectivity index (χ0) is 13.7. The highest BCUT2D eigenvalue weighted by atomic mass is 19.1. The summed E-state index contributed by atoms with van der Waals surface area (Å²) >= 11 is 0. The topological polar surface area (TPSA) is 34.1 Å². The van der Waals surface area contributed by atoms with Crippen molar-refractivity contribution in [3.8, 4) is 5.75 Å². The quantitative estimate of drug-likeness (QED) is 0.901. The van der Waals surface area contributed by atoms with Crippen LogP contribution in [0, 0.1) is 11.6 Å². The first-order valence-electron chi connectivity index (χ1n) is 5.86. The summed E-state index contributed by atoms with van der Waals surface area (Å²) in [5, 5.41) is 3.00. The Balaban J connectivity index is 2.03. The van der Waals surface area contributed by atoms with Gasteiger partial charge in [0, 0.05) is 12.6 Å². The average molecular weight is 264 g/mol. The predicted molar refractivity (Wildman–Crippen MR) is 67.7 cm³/mol. The Morgan fingerprint density at radius 1 is 1.16 bits per heavy atom. The van der Waals surface area contributed by atoms with E-state index in [-0.39, 0.29) is 12.4 Å². The molecular formula is C14H14F2N2O. The first-order chi connectivity index (χ1) is 9.19. The van der Waals surface area contributed by atoms with Gasteiger partial charge in [0.25, 0.3) is 0 Å². The summed E-state index contributed by atoms with van der Waals surface area (Å²) in [4.78, 5) is 4.34. The number of benzene rings is 1. The molecule has 0 atom stereocenters. The Bertz CT molecular complexity index is 561. The number of hydrogen-bond donors (Lipinski definition) is 1. The van der Waals surface area contributed by atoms with Crippen LogP contribution in [0.15, 0.2) is 36.4 Å². The molecule has 0 bridgehead atoms. The maximum absolute atomic E-state index is 13.4. The monoisotopic (exact) mass is 264 g/mol. The molecule has 0 spiro atoms. The Kier molecular flexibility index (Phi) is 4.41. The molecule has 0 unspecified atom stereocenters. The number of rotatable bonds is 5. The van der Waals surface area contributed by atoms with Gasteiger partial charge >= 0.3 is 0 Å². The van der Waals surface area contributed by atoms with Gasteiger partial charge < -0.3 is 10.1 Å². The van der Waals surface area contributed by atoms with Crippen molar-refractivity contribution in [1.82, 2.24) is 10.3 Å². The van der Waals surface area contributed by atoms with E-state index >= 15 is 0 Å². The van der Waals surface area contributed by atoms with Crippen LogP contribution in [0.3, 0.4) is 0 Å². The van der Waals surface area contributed by atoms with Crippen LogP contribution in [0.1, 0.15) is 11.4 Å². The van der Waals surface area contributed by atoms with E-state index in [1.807, 2.05) is 19.2 Å². The number of nitrogens with one attached hydrogen (secondary N) is 1. The van der Waals surface area contributed by atoms with Crippen molar-refractivity contribution in [2.75, 3.05) is 7.05 Å². The second kappa shape index (κ2) is 6.24. The minimum atomic E-state index is -0.716. The highest BCUT2D eigenvalue weighted by Gasteiger charge is 2.05. The second-order valence-corrected chi connectivity index (χ2v) is 4.01. The summed E-state index contributed by atoms with van der Waals surface area (Å²) in [6.07, 6.45) is 0. The molecule has 19 heavy (non-hydrogen) atoms. The minimum absolute atomic E-state index is 0.0159. The van der Waals surface area contributed by atoms with Crippen molar-refractivity contribution in [2.24, 2.45) is 0 Å². The van der Waals surface area contributed by atoms with Crippen molar-refractivity contribution < 1.29 is 13.5 Å². The van der Waals surface area contributed by atoms with Gasteiger partial charge in [0.05, 0.1) is 11.4 Å². The zero-order valence-electron chi connectivity index (χ0n) is 10.5. The summed E-state index contributed by atoms with van der Waals surface area (Å²) in [7, 11) is 1.83. The molecule has 1 heterocycles. The largest absolute Gasteiger partial charge is 0.484 e. The number of hydrogen-bond acceptors (Lipinski definition) is 3. The summed E-state index contributed by atoms with van der Waals surface area (Å²) in [6, 6.07) is 8.75. The summed E-state index contributed by atoms with van der Waals surface area (Å²) in [5.41, 5.74) is 1.57. The Morgan fingerprint density at radius 3 is 2.68 bits per heavy atom. The summed E-state index contributed by atoms with van der Waals surface area (Å²) < 4.78 is 31.4. The molecular weight excluding hydrogens is 250 g/mol. The maximum Gasteiger partial charge on any atom is 0.167 e. The molecule has 1 aromatic carbocycles. The lowest BCUT2D eigenvalue weighted by atomic mass is 10.3. The molecule has 3 nitrogen and oxygen atoms in total. The average Bonchev–Trinajstić information content (AvgIpc) is 2.38. The Morgan fingerprint density at radius 2 is 1.95 bits per heavy atom. The van der Waals surface area contributed by atoms with E-state index in [4.69, 9.17) is 4.74 Å². The summed E-state index contributed by atoms with van der Waals surface area (Å²) in [5.74, 6) is -1.33. The van der Waals surface area contributed by atoms with Gasteiger partial charge in [-0.05, 0) is 31.3 Å². The lowest BCUT2D eigenvalue weighted by Crippen LogP contribution is -2.08. The molecule has 0 fully saturated rings. The minimum Gasteiger partial charge on any atom is -0.484 e. The van der Waals surface area contributed by atoms with Crippen molar-refractivity contribution in [1.29, 1.82) is 0 Å². The Hall–Kier alpha value is -2.01. The Labute approximate surface area is 110 Å². The fourth-order valence-electron chi connectivity index (χ4n) is 1.63. The number of nitrogens with zero attached hydrogens (tertiary/aromatic N) is 1. The number of pyridine rings is 1. The van der Waals surface area contributed by atoms with Crippen molar-refractivity contribution in [3.63, 3.8) is 0 Å². The van der Waals surface area contributed by atoms with Gasteiger partial charge in [0.1, 0.15) is 12.4 Å². The van der Waals surface area contributed by atoms with Crippen molar-refractivity contribution in [2.45, 2.75) is 13.2 Å². The van der Waals surface area contributed by atoms with Gasteiger partial charge in [-0.2, -0.15) is 0 Å². The molecule has 0 saturated heterocycles. The maximum atomic E-state index is 13.4. The van der Waals surface area contributed by atoms with Gasteiger partial charge in [-0.15, -0.1) is 0 Å². The number of ether oxygens (including phenoxy) is 1. The van der Waals surface area contributed by atoms with Crippen LogP contribution in [0.5, 0.6) is 5.75 Å². The molecule has 0 aliphatic carbocycles. The molecule has 0 amide bonds. The van der Waals surface area contributed by atoms with Crippen LogP contribution in [0.2, 0.25) is 0 Å². The smallest absolute Gasteiger partial charge is 0.167 e. The van der Waals surface area contributed by atoms with Gasteiger partial charge in [0.2, 0.25) is 0 Å². The third-order valence-electron chi connectivity index (χ3n) is 2.49. The molecule has 5 heteroatoms. The van der Waals surface area contributed by atoms with E-state index in [2.05, 4.69) is 10.3 Å². The van der Waals surface area contributed by atoms with Crippen LogP contribution in [0.25, 0.3) is 0 Å². The van der Waals surface area contributed by atoms with E-state index in [0.717, 1.165) is 17.8 Å². The van der Waals surface area contributed by atoms with E-state index in [9.17, 15) is 8.78 Å².